The molecular formula is C16H13F2NO2S. The summed E-state index contributed by atoms with van der Waals surface area (Å²) < 4.78 is 31.9. The summed E-state index contributed by atoms with van der Waals surface area (Å²) in [5.74, 6) is -0.222. The van der Waals surface area contributed by atoms with Crippen molar-refractivity contribution in [3.05, 3.63) is 59.7 Å². The van der Waals surface area contributed by atoms with Gasteiger partial charge in [0, 0.05) is 6.07 Å². The molecule has 1 unspecified atom stereocenters. The van der Waals surface area contributed by atoms with Crippen molar-refractivity contribution in [2.45, 2.75) is 5.37 Å². The normalized spacial score (nSPS) is 17.9. The first-order valence-electron chi connectivity index (χ1n) is 6.63. The van der Waals surface area contributed by atoms with Gasteiger partial charge in [-0.05, 0) is 29.8 Å². The maximum Gasteiger partial charge on any atom is 0.238 e. The van der Waals surface area contributed by atoms with Crippen molar-refractivity contribution in [3.63, 3.8) is 0 Å². The third-order valence-corrected chi connectivity index (χ3v) is 4.64. The van der Waals surface area contributed by atoms with E-state index in [0.29, 0.717) is 11.4 Å². The van der Waals surface area contributed by atoms with Crippen LogP contribution in [-0.4, -0.2) is 18.8 Å². The van der Waals surface area contributed by atoms with Crippen LogP contribution in [0, 0.1) is 11.6 Å². The lowest BCUT2D eigenvalue weighted by Crippen LogP contribution is -2.28. The molecule has 3 nitrogen and oxygen atoms in total. The molecule has 0 aromatic heterocycles. The largest absolute Gasteiger partial charge is 0.495 e. The molecule has 114 valence electrons. The highest BCUT2D eigenvalue weighted by atomic mass is 32.2. The molecule has 6 heteroatoms. The Balaban J connectivity index is 2.05. The van der Waals surface area contributed by atoms with Crippen molar-refractivity contribution in [1.29, 1.82) is 0 Å². The molecule has 1 fully saturated rings. The van der Waals surface area contributed by atoms with E-state index >= 15 is 0 Å². The number of nitrogens with zero attached hydrogens (tertiary/aromatic N) is 1. The van der Waals surface area contributed by atoms with Crippen molar-refractivity contribution in [1.82, 2.24) is 0 Å². The third kappa shape index (κ3) is 2.66. The maximum absolute atomic E-state index is 13.6. The van der Waals surface area contributed by atoms with Gasteiger partial charge in [-0.25, -0.2) is 8.78 Å². The molecule has 1 aliphatic rings. The Labute approximate surface area is 130 Å². The number of thioether (sulfide) groups is 1. The number of ether oxygens (including phenoxy) is 1. The number of amides is 1. The summed E-state index contributed by atoms with van der Waals surface area (Å²) in [6, 6.07) is 10.00. The van der Waals surface area contributed by atoms with E-state index in [2.05, 4.69) is 0 Å². The van der Waals surface area contributed by atoms with E-state index in [4.69, 9.17) is 4.74 Å². The number of methoxy groups -OCH3 is 1. The lowest BCUT2D eigenvalue weighted by atomic mass is 10.1. The van der Waals surface area contributed by atoms with E-state index < -0.39 is 5.82 Å². The van der Waals surface area contributed by atoms with Crippen molar-refractivity contribution in [2.24, 2.45) is 0 Å². The summed E-state index contributed by atoms with van der Waals surface area (Å²) in [6.07, 6.45) is 0. The second kappa shape index (κ2) is 5.96. The standard InChI is InChI=1S/C16H13F2NO2S/c1-21-14-7-6-12(18)8-13(14)19-15(20)9-22-16(19)10-2-4-11(17)5-3-10/h2-8,16H,9H2,1H3. The molecule has 2 aromatic carbocycles. The van der Waals surface area contributed by atoms with Crippen molar-refractivity contribution in [3.8, 4) is 5.75 Å². The second-order valence-corrected chi connectivity index (χ2v) is 5.86. The van der Waals surface area contributed by atoms with E-state index in [1.165, 1.54) is 54.1 Å². The molecular weight excluding hydrogens is 308 g/mol. The molecule has 0 saturated carbocycles. The Morgan fingerprint density at radius 2 is 1.82 bits per heavy atom. The summed E-state index contributed by atoms with van der Waals surface area (Å²) in [7, 11) is 1.47. The van der Waals surface area contributed by atoms with Crippen LogP contribution in [0.15, 0.2) is 42.5 Å². The van der Waals surface area contributed by atoms with Gasteiger partial charge in [0.05, 0.1) is 18.6 Å². The Morgan fingerprint density at radius 1 is 1.14 bits per heavy atom. The molecule has 0 aliphatic carbocycles. The number of benzene rings is 2. The van der Waals surface area contributed by atoms with Gasteiger partial charge >= 0.3 is 0 Å². The van der Waals surface area contributed by atoms with Crippen LogP contribution >= 0.6 is 11.8 Å². The van der Waals surface area contributed by atoms with Crippen LogP contribution in [-0.2, 0) is 4.79 Å². The molecule has 0 N–H and O–H groups in total. The van der Waals surface area contributed by atoms with Crippen molar-refractivity contribution < 1.29 is 18.3 Å². The number of hydrogen-bond donors (Lipinski definition) is 0. The number of halogens is 2. The molecule has 1 amide bonds. The van der Waals surface area contributed by atoms with E-state index in [9.17, 15) is 13.6 Å². The van der Waals surface area contributed by atoms with Gasteiger partial charge in [0.15, 0.2) is 0 Å². The lowest BCUT2D eigenvalue weighted by molar-refractivity contribution is -0.115. The molecule has 0 spiro atoms. The fourth-order valence-electron chi connectivity index (χ4n) is 2.41. The fraction of sp³-hybridized carbons (Fsp3) is 0.188. The quantitative estimate of drug-likeness (QED) is 0.862. The number of carbonyl (C=O) groups excluding carboxylic acids is 1. The van der Waals surface area contributed by atoms with Crippen LogP contribution in [0.1, 0.15) is 10.9 Å². The molecule has 2 aromatic rings. The van der Waals surface area contributed by atoms with E-state index in [1.54, 1.807) is 12.1 Å². The maximum atomic E-state index is 13.6. The highest BCUT2D eigenvalue weighted by Crippen LogP contribution is 2.44. The molecule has 3 rings (SSSR count). The fourth-order valence-corrected chi connectivity index (χ4v) is 3.58. The molecule has 0 radical (unpaired) electrons. The minimum Gasteiger partial charge on any atom is -0.495 e. The van der Waals surface area contributed by atoms with Crippen LogP contribution in [0.2, 0.25) is 0 Å². The lowest BCUT2D eigenvalue weighted by Gasteiger charge is -2.26. The van der Waals surface area contributed by atoms with E-state index in [-0.39, 0.29) is 22.9 Å². The number of rotatable bonds is 3. The second-order valence-electron chi connectivity index (χ2n) is 4.79. The summed E-state index contributed by atoms with van der Waals surface area (Å²) >= 11 is 1.41. The van der Waals surface area contributed by atoms with E-state index in [0.717, 1.165) is 5.56 Å². The number of anilines is 1. The molecule has 1 aliphatic heterocycles. The molecule has 1 saturated heterocycles. The summed E-state index contributed by atoms with van der Waals surface area (Å²) in [6.45, 7) is 0. The zero-order valence-corrected chi connectivity index (χ0v) is 12.6. The highest BCUT2D eigenvalue weighted by Gasteiger charge is 2.35. The summed E-state index contributed by atoms with van der Waals surface area (Å²) in [5.41, 5.74) is 1.16. The first-order chi connectivity index (χ1) is 10.6. The predicted octanol–water partition coefficient (Wildman–Crippen LogP) is 3.75. The van der Waals surface area contributed by atoms with Crippen LogP contribution in [0.4, 0.5) is 14.5 Å². The van der Waals surface area contributed by atoms with Gasteiger partial charge in [0.1, 0.15) is 22.8 Å². The Hall–Kier alpha value is -2.08. The van der Waals surface area contributed by atoms with Gasteiger partial charge in [-0.1, -0.05) is 12.1 Å². The highest BCUT2D eigenvalue weighted by molar-refractivity contribution is 8.00. The van der Waals surface area contributed by atoms with Gasteiger partial charge in [0.2, 0.25) is 5.91 Å². The number of hydrogen-bond acceptors (Lipinski definition) is 3. The van der Waals surface area contributed by atoms with Crippen LogP contribution in [0.5, 0.6) is 5.75 Å². The van der Waals surface area contributed by atoms with Crippen LogP contribution in [0.3, 0.4) is 0 Å². The molecule has 0 bridgehead atoms. The number of carbonyl (C=O) groups is 1. The first-order valence-corrected chi connectivity index (χ1v) is 7.67. The zero-order chi connectivity index (χ0) is 15.7. The Kier molecular flexibility index (Phi) is 4.02. The third-order valence-electron chi connectivity index (χ3n) is 3.42. The molecule has 1 heterocycles. The van der Waals surface area contributed by atoms with Gasteiger partial charge in [0.25, 0.3) is 0 Å². The first kappa shape index (κ1) is 14.8. The van der Waals surface area contributed by atoms with Gasteiger partial charge in [-0.15, -0.1) is 11.8 Å². The smallest absolute Gasteiger partial charge is 0.238 e. The van der Waals surface area contributed by atoms with Gasteiger partial charge < -0.3 is 4.74 Å². The van der Waals surface area contributed by atoms with Crippen LogP contribution in [0.25, 0.3) is 0 Å². The predicted molar refractivity (Wildman–Crippen MR) is 82.0 cm³/mol. The summed E-state index contributed by atoms with van der Waals surface area (Å²) in [4.78, 5) is 13.8. The van der Waals surface area contributed by atoms with Gasteiger partial charge in [-0.3, -0.25) is 9.69 Å². The summed E-state index contributed by atoms with van der Waals surface area (Å²) in [5, 5.41) is -0.330. The zero-order valence-electron chi connectivity index (χ0n) is 11.8. The van der Waals surface area contributed by atoms with Crippen molar-refractivity contribution >= 4 is 23.4 Å². The molecule has 1 atom stereocenters. The minimum atomic E-state index is -0.446. The Bertz CT molecular complexity index is 706. The average Bonchev–Trinajstić information content (AvgIpc) is 2.89. The SMILES string of the molecule is COc1ccc(F)cc1N1C(=O)CSC1c1ccc(F)cc1. The van der Waals surface area contributed by atoms with Gasteiger partial charge in [-0.2, -0.15) is 0 Å². The topological polar surface area (TPSA) is 29.5 Å². The van der Waals surface area contributed by atoms with E-state index in [1.807, 2.05) is 0 Å². The van der Waals surface area contributed by atoms with Crippen LogP contribution < -0.4 is 9.64 Å². The monoisotopic (exact) mass is 321 g/mol. The van der Waals surface area contributed by atoms with Crippen molar-refractivity contribution in [2.75, 3.05) is 17.8 Å². The Morgan fingerprint density at radius 3 is 2.50 bits per heavy atom. The average molecular weight is 321 g/mol. The minimum absolute atomic E-state index is 0.136. The molecule has 22 heavy (non-hydrogen) atoms.